The van der Waals surface area contributed by atoms with Crippen LogP contribution in [0.4, 0.5) is 11.6 Å². The quantitative estimate of drug-likeness (QED) is 0.747. The van der Waals surface area contributed by atoms with Gasteiger partial charge in [0.15, 0.2) is 0 Å². The van der Waals surface area contributed by atoms with Crippen molar-refractivity contribution in [3.8, 4) is 11.1 Å². The molecule has 0 unspecified atom stereocenters. The summed E-state index contributed by atoms with van der Waals surface area (Å²) in [7, 11) is 3.47. The molecule has 2 aromatic heterocycles. The molecule has 0 aliphatic carbocycles. The fourth-order valence-corrected chi connectivity index (χ4v) is 2.30. The van der Waals surface area contributed by atoms with Gasteiger partial charge >= 0.3 is 0 Å². The van der Waals surface area contributed by atoms with Crippen LogP contribution in [0.2, 0.25) is 0 Å². The number of fused-ring (bicyclic) bond motifs is 1. The number of anilines is 1. The number of azo groups is 1. The molecule has 106 valence electrons. The first-order valence-corrected chi connectivity index (χ1v) is 6.66. The van der Waals surface area contributed by atoms with Gasteiger partial charge in [0, 0.05) is 25.9 Å². The Morgan fingerprint density at radius 1 is 1.24 bits per heavy atom. The van der Waals surface area contributed by atoms with E-state index < -0.39 is 0 Å². The van der Waals surface area contributed by atoms with Gasteiger partial charge in [-0.3, -0.25) is 0 Å². The summed E-state index contributed by atoms with van der Waals surface area (Å²) in [6.45, 7) is 2.03. The highest BCUT2D eigenvalue weighted by Gasteiger charge is 2.08. The standard InChI is InChI=1S/C15H16N6/c1-10-8-11(4-5-13(10)19-17-3)12-6-7-21-14(12)9-18-15(16-2)20-21/h4-9H,1-3H3,(H,16,20). The van der Waals surface area contributed by atoms with Crippen molar-refractivity contribution in [1.82, 2.24) is 14.6 Å². The predicted octanol–water partition coefficient (Wildman–Crippen LogP) is 3.46. The maximum Gasteiger partial charge on any atom is 0.240 e. The number of aromatic nitrogens is 3. The number of hydrogen-bond donors (Lipinski definition) is 1. The molecular weight excluding hydrogens is 264 g/mol. The van der Waals surface area contributed by atoms with Crippen molar-refractivity contribution >= 4 is 17.2 Å². The molecule has 0 aliphatic heterocycles. The molecule has 6 nitrogen and oxygen atoms in total. The van der Waals surface area contributed by atoms with Crippen LogP contribution in [0.25, 0.3) is 16.6 Å². The minimum absolute atomic E-state index is 0.597. The van der Waals surface area contributed by atoms with E-state index >= 15 is 0 Å². The Bertz CT molecular complexity index is 818. The molecule has 3 rings (SSSR count). The van der Waals surface area contributed by atoms with Crippen LogP contribution in [0.3, 0.4) is 0 Å². The van der Waals surface area contributed by atoms with E-state index in [2.05, 4.69) is 31.7 Å². The van der Waals surface area contributed by atoms with Crippen LogP contribution in [-0.2, 0) is 0 Å². The van der Waals surface area contributed by atoms with E-state index in [4.69, 9.17) is 0 Å². The summed E-state index contributed by atoms with van der Waals surface area (Å²) in [5.41, 5.74) is 5.16. The molecule has 0 bridgehead atoms. The highest BCUT2D eigenvalue weighted by Crippen LogP contribution is 2.29. The van der Waals surface area contributed by atoms with Gasteiger partial charge in [-0.25, -0.2) is 9.50 Å². The number of hydrogen-bond acceptors (Lipinski definition) is 5. The smallest absolute Gasteiger partial charge is 0.240 e. The molecular formula is C15H16N6. The van der Waals surface area contributed by atoms with Gasteiger partial charge in [-0.15, -0.1) is 5.10 Å². The summed E-state index contributed by atoms with van der Waals surface area (Å²) in [5, 5.41) is 15.2. The first kappa shape index (κ1) is 13.2. The normalized spacial score (nSPS) is 11.4. The Morgan fingerprint density at radius 2 is 2.10 bits per heavy atom. The molecule has 0 saturated carbocycles. The highest BCUT2D eigenvalue weighted by molar-refractivity contribution is 5.81. The molecule has 0 radical (unpaired) electrons. The van der Waals surface area contributed by atoms with Crippen LogP contribution in [0.15, 0.2) is 46.9 Å². The van der Waals surface area contributed by atoms with Crippen molar-refractivity contribution in [2.24, 2.45) is 10.2 Å². The van der Waals surface area contributed by atoms with Crippen molar-refractivity contribution in [2.45, 2.75) is 6.92 Å². The monoisotopic (exact) mass is 280 g/mol. The van der Waals surface area contributed by atoms with Crippen LogP contribution in [-0.4, -0.2) is 28.7 Å². The van der Waals surface area contributed by atoms with Crippen LogP contribution in [0.1, 0.15) is 5.56 Å². The predicted molar refractivity (Wildman–Crippen MR) is 83.1 cm³/mol. The minimum Gasteiger partial charge on any atom is -0.356 e. The minimum atomic E-state index is 0.597. The fourth-order valence-electron chi connectivity index (χ4n) is 2.30. The van der Waals surface area contributed by atoms with Gasteiger partial charge in [-0.05, 0) is 36.2 Å². The first-order chi connectivity index (χ1) is 10.2. The Kier molecular flexibility index (Phi) is 3.35. The van der Waals surface area contributed by atoms with Gasteiger partial charge in [0.25, 0.3) is 0 Å². The average molecular weight is 280 g/mol. The number of rotatable bonds is 3. The maximum absolute atomic E-state index is 4.37. The molecule has 0 spiro atoms. The zero-order valence-electron chi connectivity index (χ0n) is 12.2. The molecule has 1 N–H and O–H groups in total. The summed E-state index contributed by atoms with van der Waals surface area (Å²) in [4.78, 5) is 4.28. The molecule has 0 atom stereocenters. The number of aryl methyl sites for hydroxylation is 1. The van der Waals surface area contributed by atoms with Crippen molar-refractivity contribution in [3.63, 3.8) is 0 Å². The summed E-state index contributed by atoms with van der Waals surface area (Å²) < 4.78 is 1.82. The average Bonchev–Trinajstić information content (AvgIpc) is 2.92. The Balaban J connectivity index is 2.10. The molecule has 0 saturated heterocycles. The van der Waals surface area contributed by atoms with Crippen LogP contribution < -0.4 is 5.32 Å². The fraction of sp³-hybridized carbons (Fsp3) is 0.200. The second kappa shape index (κ2) is 5.32. The van der Waals surface area contributed by atoms with Crippen molar-refractivity contribution < 1.29 is 0 Å². The van der Waals surface area contributed by atoms with Crippen LogP contribution >= 0.6 is 0 Å². The Hall–Kier alpha value is -2.76. The van der Waals surface area contributed by atoms with E-state index in [9.17, 15) is 0 Å². The van der Waals surface area contributed by atoms with Gasteiger partial charge < -0.3 is 5.32 Å². The summed E-state index contributed by atoms with van der Waals surface area (Å²) in [5.74, 6) is 0.597. The van der Waals surface area contributed by atoms with Gasteiger partial charge in [-0.1, -0.05) is 6.07 Å². The SMILES string of the molecule is CN=Nc1ccc(-c2ccn3nc(NC)ncc23)cc1C. The van der Waals surface area contributed by atoms with Gasteiger partial charge in [0.05, 0.1) is 17.4 Å². The zero-order valence-corrected chi connectivity index (χ0v) is 12.2. The topological polar surface area (TPSA) is 66.9 Å². The number of nitrogens with zero attached hydrogens (tertiary/aromatic N) is 5. The van der Waals surface area contributed by atoms with Crippen molar-refractivity contribution in [3.05, 3.63) is 42.2 Å². The Morgan fingerprint density at radius 3 is 2.81 bits per heavy atom. The maximum atomic E-state index is 4.37. The van der Waals surface area contributed by atoms with E-state index in [1.807, 2.05) is 42.0 Å². The van der Waals surface area contributed by atoms with E-state index in [1.165, 1.54) is 0 Å². The zero-order chi connectivity index (χ0) is 14.8. The summed E-state index contributed by atoms with van der Waals surface area (Å²) in [6, 6.07) is 8.16. The van der Waals surface area contributed by atoms with Crippen molar-refractivity contribution in [1.29, 1.82) is 0 Å². The van der Waals surface area contributed by atoms with E-state index in [0.29, 0.717) is 5.95 Å². The lowest BCUT2D eigenvalue weighted by Crippen LogP contribution is -2.00. The second-order valence-electron chi connectivity index (χ2n) is 4.69. The van der Waals surface area contributed by atoms with Crippen molar-refractivity contribution in [2.75, 3.05) is 19.4 Å². The molecule has 2 heterocycles. The molecule has 3 aromatic rings. The molecule has 0 aliphatic rings. The van der Waals surface area contributed by atoms with Crippen LogP contribution in [0, 0.1) is 6.92 Å². The third-order valence-corrected chi connectivity index (χ3v) is 3.36. The van der Waals surface area contributed by atoms with Gasteiger partial charge in [0.1, 0.15) is 0 Å². The second-order valence-corrected chi connectivity index (χ2v) is 4.69. The Labute approximate surface area is 122 Å². The summed E-state index contributed by atoms with van der Waals surface area (Å²) >= 11 is 0. The molecule has 0 amide bonds. The first-order valence-electron chi connectivity index (χ1n) is 6.66. The molecule has 0 fully saturated rings. The third-order valence-electron chi connectivity index (χ3n) is 3.36. The third kappa shape index (κ3) is 2.35. The molecule has 6 heteroatoms. The van der Waals surface area contributed by atoms with E-state index in [1.54, 1.807) is 14.1 Å². The lowest BCUT2D eigenvalue weighted by molar-refractivity contribution is 0.909. The lowest BCUT2D eigenvalue weighted by atomic mass is 10.0. The number of nitrogens with one attached hydrogen (secondary N) is 1. The largest absolute Gasteiger partial charge is 0.356 e. The summed E-state index contributed by atoms with van der Waals surface area (Å²) in [6.07, 6.45) is 3.76. The van der Waals surface area contributed by atoms with Gasteiger partial charge in [-0.2, -0.15) is 10.2 Å². The van der Waals surface area contributed by atoms with E-state index in [-0.39, 0.29) is 0 Å². The van der Waals surface area contributed by atoms with E-state index in [0.717, 1.165) is 27.9 Å². The van der Waals surface area contributed by atoms with Crippen LogP contribution in [0.5, 0.6) is 0 Å². The number of benzene rings is 1. The van der Waals surface area contributed by atoms with Gasteiger partial charge in [0.2, 0.25) is 5.95 Å². The lowest BCUT2D eigenvalue weighted by Gasteiger charge is -2.05. The molecule has 1 aromatic carbocycles. The molecule has 21 heavy (non-hydrogen) atoms. The highest BCUT2D eigenvalue weighted by atomic mass is 15.3.